The van der Waals surface area contributed by atoms with Crippen molar-refractivity contribution in [1.82, 2.24) is 0 Å². The van der Waals surface area contributed by atoms with Crippen molar-refractivity contribution in [1.29, 1.82) is 0 Å². The smallest absolute Gasteiger partial charge is 0.106 e. The maximum Gasteiger partial charge on any atom is 0.106 e. The standard InChI is InChI=1S/C86H174O5/c1-67(2)33-21-37-71(9)41-25-45-75(13)49-29-53-79(17)57-61-85(83(89)65-87,62-58-80(18)54-30-50-76(14)46-26-42-72(10)38-22-34-68(3)4)91-86(84(90)66-88,63-59-81(19)55-31-51-77(15)47-27-43-73(11)39-23-35-69(5)6)64-60-82(20)56-32-52-78(16)48-28-44-74(12)40-24-36-70(7)8/h67-84,87-90H,21-66H2,1-20H3. The molecular formula is C86H174O5. The van der Waals surface area contributed by atoms with Crippen LogP contribution >= 0.6 is 0 Å². The van der Waals surface area contributed by atoms with Gasteiger partial charge in [-0.1, -0.05) is 370 Å². The number of rotatable bonds is 66. The van der Waals surface area contributed by atoms with Crippen molar-refractivity contribution < 1.29 is 25.2 Å². The number of hydrogen-bond acceptors (Lipinski definition) is 5. The van der Waals surface area contributed by atoms with Gasteiger partial charge in [-0.05, 0) is 146 Å². The molecule has 0 rings (SSSR count). The van der Waals surface area contributed by atoms with Crippen LogP contribution in [-0.2, 0) is 4.74 Å². The summed E-state index contributed by atoms with van der Waals surface area (Å²) in [5.74, 6) is 11.2. The van der Waals surface area contributed by atoms with E-state index in [0.717, 1.165) is 122 Å². The van der Waals surface area contributed by atoms with E-state index in [-0.39, 0.29) is 13.2 Å². The highest BCUT2D eigenvalue weighted by Gasteiger charge is 2.49. The minimum Gasteiger partial charge on any atom is -0.394 e. The van der Waals surface area contributed by atoms with Crippen LogP contribution in [0, 0.1) is 94.7 Å². The van der Waals surface area contributed by atoms with Crippen LogP contribution in [-0.4, -0.2) is 57.0 Å². The third-order valence-electron chi connectivity index (χ3n) is 23.3. The molecule has 5 nitrogen and oxygen atoms in total. The molecule has 548 valence electrons. The van der Waals surface area contributed by atoms with Gasteiger partial charge in [-0.25, -0.2) is 0 Å². The van der Waals surface area contributed by atoms with Gasteiger partial charge in [0.2, 0.25) is 0 Å². The molecule has 0 aliphatic carbocycles. The number of hydrogen-bond donors (Lipinski definition) is 4. The summed E-state index contributed by atoms with van der Waals surface area (Å²) in [5.41, 5.74) is -2.08. The Kier molecular flexibility index (Phi) is 55.5. The maximum atomic E-state index is 12.6. The molecule has 0 amide bonds. The lowest BCUT2D eigenvalue weighted by Gasteiger charge is -2.49. The van der Waals surface area contributed by atoms with Gasteiger partial charge in [-0.15, -0.1) is 0 Å². The summed E-state index contributed by atoms with van der Waals surface area (Å²) in [6.07, 6.45) is 50.9. The van der Waals surface area contributed by atoms with E-state index in [0.29, 0.717) is 49.4 Å². The normalized spacial score (nSPS) is 18.6. The lowest BCUT2D eigenvalue weighted by molar-refractivity contribution is -0.255. The third-order valence-corrected chi connectivity index (χ3v) is 23.3. The van der Waals surface area contributed by atoms with E-state index in [2.05, 4.69) is 138 Å². The van der Waals surface area contributed by atoms with Crippen LogP contribution in [0.25, 0.3) is 0 Å². The molecule has 5 heteroatoms. The van der Waals surface area contributed by atoms with E-state index in [1.165, 1.54) is 205 Å². The first-order valence-corrected chi connectivity index (χ1v) is 41.3. The SMILES string of the molecule is CC(C)CCCC(C)CCCC(C)CCCC(C)CCC(CCC(C)CCCC(C)CCCC(C)CCCC(C)C)(OC(CCC(C)CCCC(C)CCCC(C)CCCC(C)C)(CCC(C)CCCC(C)CCCC(C)CCCC(C)C)C(O)CO)C(O)CO. The van der Waals surface area contributed by atoms with Crippen LogP contribution in [0.5, 0.6) is 0 Å². The number of aliphatic hydroxyl groups is 4. The van der Waals surface area contributed by atoms with Gasteiger partial charge in [0.1, 0.15) is 12.2 Å². The van der Waals surface area contributed by atoms with Crippen molar-refractivity contribution in [3.05, 3.63) is 0 Å². The average molecular weight is 1290 g/mol. The summed E-state index contributed by atoms with van der Waals surface area (Å²) in [4.78, 5) is 0. The minimum absolute atomic E-state index is 0.368. The maximum absolute atomic E-state index is 12.6. The molecule has 14 unspecified atom stereocenters. The van der Waals surface area contributed by atoms with Crippen molar-refractivity contribution in [2.45, 2.75) is 444 Å². The predicted octanol–water partition coefficient (Wildman–Crippen LogP) is 26.6. The fourth-order valence-electron chi connectivity index (χ4n) is 15.7. The van der Waals surface area contributed by atoms with Crippen LogP contribution in [0.15, 0.2) is 0 Å². The van der Waals surface area contributed by atoms with Crippen molar-refractivity contribution in [3.8, 4) is 0 Å². The molecule has 14 atom stereocenters. The van der Waals surface area contributed by atoms with Gasteiger partial charge in [-0.3, -0.25) is 0 Å². The number of aliphatic hydroxyl groups excluding tert-OH is 4. The second kappa shape index (κ2) is 55.7. The van der Waals surface area contributed by atoms with Crippen LogP contribution in [0.2, 0.25) is 0 Å². The summed E-state index contributed by atoms with van der Waals surface area (Å²) >= 11 is 0. The van der Waals surface area contributed by atoms with Crippen LogP contribution in [0.4, 0.5) is 0 Å². The third kappa shape index (κ3) is 49.9. The van der Waals surface area contributed by atoms with E-state index < -0.39 is 23.4 Å². The van der Waals surface area contributed by atoms with Crippen LogP contribution in [0.1, 0.15) is 421 Å². The van der Waals surface area contributed by atoms with Gasteiger partial charge in [0, 0.05) is 0 Å². The molecule has 0 aromatic heterocycles. The zero-order valence-corrected chi connectivity index (χ0v) is 66.1. The molecule has 0 fully saturated rings. The van der Waals surface area contributed by atoms with Gasteiger partial charge < -0.3 is 25.2 Å². The molecule has 0 radical (unpaired) electrons. The summed E-state index contributed by atoms with van der Waals surface area (Å²) in [7, 11) is 0. The number of ether oxygens (including phenoxy) is 1. The Bertz CT molecular complexity index is 1350. The van der Waals surface area contributed by atoms with E-state index in [1.807, 2.05) is 0 Å². The van der Waals surface area contributed by atoms with Crippen molar-refractivity contribution in [2.75, 3.05) is 13.2 Å². The van der Waals surface area contributed by atoms with Gasteiger partial charge in [0.15, 0.2) is 0 Å². The lowest BCUT2D eigenvalue weighted by atomic mass is 9.76. The summed E-state index contributed by atoms with van der Waals surface area (Å²) in [6, 6.07) is 0. The monoisotopic (exact) mass is 1290 g/mol. The Morgan fingerprint density at radius 1 is 0.198 bits per heavy atom. The largest absolute Gasteiger partial charge is 0.394 e. The van der Waals surface area contributed by atoms with Crippen molar-refractivity contribution in [3.63, 3.8) is 0 Å². The molecule has 0 saturated carbocycles. The Morgan fingerprint density at radius 3 is 0.440 bits per heavy atom. The van der Waals surface area contributed by atoms with E-state index >= 15 is 0 Å². The summed E-state index contributed by atoms with van der Waals surface area (Å²) < 4.78 is 7.88. The Hall–Kier alpha value is -0.200. The zero-order chi connectivity index (χ0) is 68.6. The fourth-order valence-corrected chi connectivity index (χ4v) is 15.7. The topological polar surface area (TPSA) is 90.2 Å². The van der Waals surface area contributed by atoms with Crippen LogP contribution in [0.3, 0.4) is 0 Å². The summed E-state index contributed by atoms with van der Waals surface area (Å²) in [5, 5.41) is 47.7. The second-order valence-corrected chi connectivity index (χ2v) is 35.8. The summed E-state index contributed by atoms with van der Waals surface area (Å²) in [6.45, 7) is 47.4. The van der Waals surface area contributed by atoms with Crippen LogP contribution < -0.4 is 0 Å². The molecule has 0 spiro atoms. The highest BCUT2D eigenvalue weighted by atomic mass is 16.6. The van der Waals surface area contributed by atoms with E-state index in [1.54, 1.807) is 0 Å². The first-order chi connectivity index (χ1) is 43.1. The Labute approximate surface area is 574 Å². The molecule has 0 aliphatic rings. The zero-order valence-electron chi connectivity index (χ0n) is 66.1. The van der Waals surface area contributed by atoms with Crippen molar-refractivity contribution >= 4 is 0 Å². The van der Waals surface area contributed by atoms with Gasteiger partial charge in [-0.2, -0.15) is 0 Å². The molecule has 91 heavy (non-hydrogen) atoms. The first-order valence-electron chi connectivity index (χ1n) is 41.3. The van der Waals surface area contributed by atoms with E-state index in [4.69, 9.17) is 4.74 Å². The van der Waals surface area contributed by atoms with Gasteiger partial charge >= 0.3 is 0 Å². The van der Waals surface area contributed by atoms with Crippen molar-refractivity contribution in [2.24, 2.45) is 94.7 Å². The second-order valence-electron chi connectivity index (χ2n) is 35.8. The molecule has 0 aromatic carbocycles. The lowest BCUT2D eigenvalue weighted by Crippen LogP contribution is -2.58. The molecule has 0 bridgehead atoms. The fraction of sp³-hybridized carbons (Fsp3) is 1.00. The molecule has 4 N–H and O–H groups in total. The minimum atomic E-state index is -1.08. The molecular weight excluding hydrogens is 1110 g/mol. The van der Waals surface area contributed by atoms with E-state index in [9.17, 15) is 20.4 Å². The predicted molar refractivity (Wildman–Crippen MR) is 405 cm³/mol. The highest BCUT2D eigenvalue weighted by molar-refractivity contribution is 4.98. The molecule has 0 aromatic rings. The molecule has 0 saturated heterocycles. The quantitative estimate of drug-likeness (QED) is 0.0487. The Morgan fingerprint density at radius 2 is 0.319 bits per heavy atom. The molecule has 0 heterocycles. The first kappa shape index (κ1) is 90.8. The molecule has 0 aliphatic heterocycles. The van der Waals surface area contributed by atoms with Gasteiger partial charge in [0.05, 0.1) is 24.4 Å². The Balaban J connectivity index is 6.72. The van der Waals surface area contributed by atoms with Gasteiger partial charge in [0.25, 0.3) is 0 Å². The average Bonchev–Trinajstić information content (AvgIpc) is 0.806. The highest BCUT2D eigenvalue weighted by Crippen LogP contribution is 2.44.